The van der Waals surface area contributed by atoms with Gasteiger partial charge in [-0.2, -0.15) is 0 Å². The predicted molar refractivity (Wildman–Crippen MR) is 60.5 cm³/mol. The molecule has 78 valence electrons. The molecule has 3 heteroatoms. The van der Waals surface area contributed by atoms with Crippen LogP contribution in [0.2, 0.25) is 0 Å². The van der Waals surface area contributed by atoms with E-state index in [4.69, 9.17) is 0 Å². The highest BCUT2D eigenvalue weighted by molar-refractivity contribution is 5.57. The van der Waals surface area contributed by atoms with Crippen LogP contribution in [0.5, 0.6) is 0 Å². The van der Waals surface area contributed by atoms with Crippen molar-refractivity contribution in [2.45, 2.75) is 26.3 Å². The minimum Gasteiger partial charge on any atom is -0.247 e. The van der Waals surface area contributed by atoms with Crippen molar-refractivity contribution in [3.63, 3.8) is 0 Å². The van der Waals surface area contributed by atoms with Crippen molar-refractivity contribution in [2.75, 3.05) is 0 Å². The van der Waals surface area contributed by atoms with E-state index in [2.05, 4.69) is 31.1 Å². The molecule has 0 radical (unpaired) electrons. The second-order valence-corrected chi connectivity index (χ2v) is 4.59. The average molecular weight is 201 g/mol. The summed E-state index contributed by atoms with van der Waals surface area (Å²) in [7, 11) is 0. The number of rotatable bonds is 1. The monoisotopic (exact) mass is 201 g/mol. The maximum atomic E-state index is 4.17. The quantitative estimate of drug-likeness (QED) is 0.710. The molecule has 2 rings (SSSR count). The van der Waals surface area contributed by atoms with E-state index >= 15 is 0 Å². The van der Waals surface area contributed by atoms with Crippen molar-refractivity contribution in [1.82, 2.24) is 15.0 Å². The van der Waals surface area contributed by atoms with Gasteiger partial charge in [-0.25, -0.2) is 4.68 Å². The number of benzene rings is 1. The summed E-state index contributed by atoms with van der Waals surface area (Å²) in [5.41, 5.74) is 2.01. The van der Waals surface area contributed by atoms with Crippen LogP contribution in [0.3, 0.4) is 0 Å². The number of nitrogens with zero attached hydrogens (tertiary/aromatic N) is 3. The Balaban J connectivity index is 2.37. The molecule has 1 heterocycles. The van der Waals surface area contributed by atoms with Crippen molar-refractivity contribution in [3.05, 3.63) is 36.5 Å². The summed E-state index contributed by atoms with van der Waals surface area (Å²) in [6.45, 7) is 6.32. The maximum absolute atomic E-state index is 4.17. The number of hydrogen-bond donors (Lipinski definition) is 0. The van der Waals surface area contributed by atoms with E-state index < -0.39 is 0 Å². The molecule has 0 atom stereocenters. The fourth-order valence-electron chi connectivity index (χ4n) is 1.33. The van der Waals surface area contributed by atoms with E-state index in [1.54, 1.807) is 0 Å². The largest absolute Gasteiger partial charge is 0.247 e. The Hall–Kier alpha value is -1.64. The second-order valence-electron chi connectivity index (χ2n) is 4.59. The van der Waals surface area contributed by atoms with E-state index in [9.17, 15) is 0 Å². The van der Waals surface area contributed by atoms with Crippen molar-refractivity contribution in [2.24, 2.45) is 0 Å². The Morgan fingerprint density at radius 3 is 2.27 bits per heavy atom. The first-order chi connectivity index (χ1) is 7.07. The van der Waals surface area contributed by atoms with Gasteiger partial charge in [0.2, 0.25) is 0 Å². The molecule has 2 aromatic rings. The molecule has 1 aromatic carbocycles. The van der Waals surface area contributed by atoms with Gasteiger partial charge >= 0.3 is 0 Å². The molecule has 1 aromatic heterocycles. The normalized spacial score (nSPS) is 11.7. The van der Waals surface area contributed by atoms with Crippen LogP contribution in [0.25, 0.3) is 11.3 Å². The second kappa shape index (κ2) is 3.50. The molecule has 0 unspecified atom stereocenters. The van der Waals surface area contributed by atoms with Gasteiger partial charge < -0.3 is 0 Å². The summed E-state index contributed by atoms with van der Waals surface area (Å²) in [5.74, 6) is 0. The van der Waals surface area contributed by atoms with E-state index in [0.29, 0.717) is 0 Å². The van der Waals surface area contributed by atoms with Crippen molar-refractivity contribution in [3.8, 4) is 11.3 Å². The van der Waals surface area contributed by atoms with Gasteiger partial charge in [-0.15, -0.1) is 5.10 Å². The van der Waals surface area contributed by atoms with Gasteiger partial charge in [0.05, 0.1) is 11.7 Å². The number of hydrogen-bond acceptors (Lipinski definition) is 2. The molecule has 0 N–H and O–H groups in total. The summed E-state index contributed by atoms with van der Waals surface area (Å²) in [4.78, 5) is 0. The summed E-state index contributed by atoms with van der Waals surface area (Å²) in [5, 5.41) is 8.30. The lowest BCUT2D eigenvalue weighted by atomic mass is 10.1. The van der Waals surface area contributed by atoms with E-state index in [1.165, 1.54) is 0 Å². The Labute approximate surface area is 89.7 Å². The number of aromatic nitrogens is 3. The molecule has 0 bridgehead atoms. The van der Waals surface area contributed by atoms with Crippen molar-refractivity contribution < 1.29 is 0 Å². The fourth-order valence-corrected chi connectivity index (χ4v) is 1.33. The topological polar surface area (TPSA) is 30.7 Å². The first-order valence-corrected chi connectivity index (χ1v) is 5.05. The van der Waals surface area contributed by atoms with Gasteiger partial charge in [0, 0.05) is 5.56 Å². The third-order valence-electron chi connectivity index (χ3n) is 2.25. The summed E-state index contributed by atoms with van der Waals surface area (Å²) >= 11 is 0. The molecule has 3 nitrogen and oxygen atoms in total. The van der Waals surface area contributed by atoms with Crippen LogP contribution in [0, 0.1) is 0 Å². The lowest BCUT2D eigenvalue weighted by molar-refractivity contribution is 0.347. The van der Waals surface area contributed by atoms with Crippen LogP contribution in [0.4, 0.5) is 0 Å². The van der Waals surface area contributed by atoms with Crippen molar-refractivity contribution in [1.29, 1.82) is 0 Å². The van der Waals surface area contributed by atoms with E-state index in [-0.39, 0.29) is 5.54 Å². The van der Waals surface area contributed by atoms with Crippen molar-refractivity contribution >= 4 is 0 Å². The molecule has 0 amide bonds. The van der Waals surface area contributed by atoms with Crippen LogP contribution in [-0.2, 0) is 5.54 Å². The summed E-state index contributed by atoms with van der Waals surface area (Å²) in [6, 6.07) is 10.1. The zero-order valence-corrected chi connectivity index (χ0v) is 9.31. The SMILES string of the molecule is CC(C)(C)n1cc(-c2ccccc2)nn1. The average Bonchev–Trinajstić information content (AvgIpc) is 2.67. The summed E-state index contributed by atoms with van der Waals surface area (Å²) < 4.78 is 1.88. The lowest BCUT2D eigenvalue weighted by Crippen LogP contribution is -2.22. The first-order valence-electron chi connectivity index (χ1n) is 5.05. The standard InChI is InChI=1S/C12H15N3/c1-12(2,3)15-9-11(13-14-15)10-7-5-4-6-8-10/h4-9H,1-3H3. The summed E-state index contributed by atoms with van der Waals surface area (Å²) in [6.07, 6.45) is 1.98. The highest BCUT2D eigenvalue weighted by atomic mass is 15.4. The van der Waals surface area contributed by atoms with Gasteiger partial charge in [-0.05, 0) is 20.8 Å². The fraction of sp³-hybridized carbons (Fsp3) is 0.333. The van der Waals surface area contributed by atoms with Crippen LogP contribution in [-0.4, -0.2) is 15.0 Å². The first kappa shape index (κ1) is 9.90. The molecule has 15 heavy (non-hydrogen) atoms. The molecule has 0 fully saturated rings. The zero-order chi connectivity index (χ0) is 10.9. The third-order valence-corrected chi connectivity index (χ3v) is 2.25. The Kier molecular flexibility index (Phi) is 2.31. The van der Waals surface area contributed by atoms with Crippen LogP contribution >= 0.6 is 0 Å². The maximum Gasteiger partial charge on any atom is 0.113 e. The molecular weight excluding hydrogens is 186 g/mol. The van der Waals surface area contributed by atoms with Gasteiger partial charge in [0.1, 0.15) is 5.69 Å². The van der Waals surface area contributed by atoms with Gasteiger partial charge in [0.25, 0.3) is 0 Å². The molecule has 0 saturated heterocycles. The molecule has 0 aliphatic rings. The van der Waals surface area contributed by atoms with E-state index in [0.717, 1.165) is 11.3 Å². The molecule has 0 saturated carbocycles. The van der Waals surface area contributed by atoms with Crippen LogP contribution < -0.4 is 0 Å². The minimum absolute atomic E-state index is 0.0139. The van der Waals surface area contributed by atoms with Gasteiger partial charge in [0.15, 0.2) is 0 Å². The van der Waals surface area contributed by atoms with Crippen LogP contribution in [0.1, 0.15) is 20.8 Å². The van der Waals surface area contributed by atoms with Gasteiger partial charge in [-0.3, -0.25) is 0 Å². The Morgan fingerprint density at radius 1 is 1.07 bits per heavy atom. The van der Waals surface area contributed by atoms with E-state index in [1.807, 2.05) is 41.2 Å². The minimum atomic E-state index is -0.0139. The highest BCUT2D eigenvalue weighted by Crippen LogP contribution is 2.18. The van der Waals surface area contributed by atoms with Crippen LogP contribution in [0.15, 0.2) is 36.5 Å². The third kappa shape index (κ3) is 2.06. The van der Waals surface area contributed by atoms with Gasteiger partial charge in [-0.1, -0.05) is 35.5 Å². The molecule has 0 spiro atoms. The lowest BCUT2D eigenvalue weighted by Gasteiger charge is -2.17. The highest BCUT2D eigenvalue weighted by Gasteiger charge is 2.15. The molecule has 0 aliphatic carbocycles. The molecule has 0 aliphatic heterocycles. The molecular formula is C12H15N3. The zero-order valence-electron chi connectivity index (χ0n) is 9.31. The Morgan fingerprint density at radius 2 is 1.73 bits per heavy atom. The predicted octanol–water partition coefficient (Wildman–Crippen LogP) is 2.70. The smallest absolute Gasteiger partial charge is 0.113 e. The Bertz CT molecular complexity index is 437.